The zero-order chi connectivity index (χ0) is 19.4. The Hall–Kier alpha value is -2.12. The Balaban J connectivity index is 1.64. The summed E-state index contributed by atoms with van der Waals surface area (Å²) in [5.74, 6) is 0. The molecule has 3 heterocycles. The van der Waals surface area contributed by atoms with E-state index < -0.39 is 6.10 Å². The Kier molecular flexibility index (Phi) is 5.82. The van der Waals surface area contributed by atoms with Crippen LogP contribution in [0.3, 0.4) is 0 Å². The number of aromatic nitrogens is 2. The van der Waals surface area contributed by atoms with Gasteiger partial charge in [0, 0.05) is 35.3 Å². The van der Waals surface area contributed by atoms with Gasteiger partial charge in [-0.2, -0.15) is 0 Å². The summed E-state index contributed by atoms with van der Waals surface area (Å²) in [4.78, 5) is 11.5. The number of thiazole rings is 1. The van der Waals surface area contributed by atoms with Gasteiger partial charge in [0.1, 0.15) is 5.01 Å². The molecule has 0 spiro atoms. The van der Waals surface area contributed by atoms with Crippen LogP contribution in [0.4, 0.5) is 0 Å². The maximum atomic E-state index is 9.80. The second kappa shape index (κ2) is 8.49. The lowest BCUT2D eigenvalue weighted by Crippen LogP contribution is -2.46. The number of pyridine rings is 1. The highest BCUT2D eigenvalue weighted by molar-refractivity contribution is 7.13. The molecule has 1 saturated heterocycles. The summed E-state index contributed by atoms with van der Waals surface area (Å²) in [7, 11) is 0. The maximum absolute atomic E-state index is 9.80. The number of nitrogens with zero attached hydrogens (tertiary/aromatic N) is 3. The molecule has 1 aliphatic rings. The van der Waals surface area contributed by atoms with E-state index >= 15 is 0 Å². The van der Waals surface area contributed by atoms with Crippen molar-refractivity contribution in [1.29, 1.82) is 0 Å². The predicted octanol–water partition coefficient (Wildman–Crippen LogP) is 2.94. The lowest BCUT2D eigenvalue weighted by atomic mass is 9.70. The van der Waals surface area contributed by atoms with Crippen molar-refractivity contribution in [3.8, 4) is 10.6 Å². The highest BCUT2D eigenvalue weighted by Gasteiger charge is 2.40. The average molecular weight is 396 g/mol. The third-order valence-electron chi connectivity index (χ3n) is 5.62. The minimum atomic E-state index is -0.680. The van der Waals surface area contributed by atoms with Crippen LogP contribution in [0.2, 0.25) is 0 Å². The molecule has 2 N–H and O–H groups in total. The van der Waals surface area contributed by atoms with E-state index in [4.69, 9.17) is 10.1 Å². The van der Waals surface area contributed by atoms with Gasteiger partial charge in [-0.3, -0.25) is 4.98 Å². The fourth-order valence-electron chi connectivity index (χ4n) is 4.04. The zero-order valence-electron chi connectivity index (χ0n) is 15.7. The second-order valence-electron chi connectivity index (χ2n) is 7.36. The largest absolute Gasteiger partial charge is 0.394 e. The Morgan fingerprint density at radius 1 is 1.11 bits per heavy atom. The minimum Gasteiger partial charge on any atom is -0.394 e. The fourth-order valence-corrected chi connectivity index (χ4v) is 4.95. The molecule has 146 valence electrons. The topological polar surface area (TPSA) is 69.5 Å². The lowest BCUT2D eigenvalue weighted by Gasteiger charge is -2.42. The number of rotatable bonds is 6. The molecule has 28 heavy (non-hydrogen) atoms. The third kappa shape index (κ3) is 3.86. The number of benzene rings is 1. The molecule has 1 aliphatic heterocycles. The highest BCUT2D eigenvalue weighted by atomic mass is 32.1. The van der Waals surface area contributed by atoms with Crippen LogP contribution >= 0.6 is 11.3 Å². The van der Waals surface area contributed by atoms with Gasteiger partial charge >= 0.3 is 0 Å². The molecule has 0 bridgehead atoms. The van der Waals surface area contributed by atoms with E-state index in [0.29, 0.717) is 6.54 Å². The number of hydrogen-bond donors (Lipinski definition) is 2. The molecule has 2 aromatic heterocycles. The Morgan fingerprint density at radius 2 is 1.89 bits per heavy atom. The van der Waals surface area contributed by atoms with Crippen molar-refractivity contribution in [3.05, 3.63) is 71.5 Å². The monoisotopic (exact) mass is 395 g/mol. The van der Waals surface area contributed by atoms with Gasteiger partial charge in [-0.25, -0.2) is 4.98 Å². The molecule has 1 fully saturated rings. The number of β-amino-alcohol motifs (C(OH)–C–C–N with tert-alkyl or cyclic N) is 1. The molecule has 0 radical (unpaired) electrons. The summed E-state index contributed by atoms with van der Waals surface area (Å²) in [6, 6.07) is 14.6. The first-order valence-corrected chi connectivity index (χ1v) is 10.5. The van der Waals surface area contributed by atoms with Gasteiger partial charge < -0.3 is 15.1 Å². The molecule has 1 atom stereocenters. The summed E-state index contributed by atoms with van der Waals surface area (Å²) >= 11 is 1.67. The maximum Gasteiger partial charge on any atom is 0.125 e. The summed E-state index contributed by atoms with van der Waals surface area (Å²) < 4.78 is 0. The fraction of sp³-hybridized carbons (Fsp3) is 0.364. The van der Waals surface area contributed by atoms with Crippen LogP contribution in [-0.2, 0) is 5.41 Å². The SMILES string of the molecule is OCC(O)CN1CCC(c2ccccc2)(c2csc(-c3cccnc3)n2)CC1. The molecule has 1 aromatic carbocycles. The molecule has 1 unspecified atom stereocenters. The summed E-state index contributed by atoms with van der Waals surface area (Å²) in [6.07, 6.45) is 4.83. The van der Waals surface area contributed by atoms with Crippen LogP contribution in [0.1, 0.15) is 24.1 Å². The summed E-state index contributed by atoms with van der Waals surface area (Å²) in [5, 5.41) is 22.1. The van der Waals surface area contributed by atoms with Crippen LogP contribution in [0.5, 0.6) is 0 Å². The molecular formula is C22H25N3O2S. The van der Waals surface area contributed by atoms with Gasteiger partial charge in [-0.1, -0.05) is 30.3 Å². The predicted molar refractivity (Wildman–Crippen MR) is 111 cm³/mol. The van der Waals surface area contributed by atoms with E-state index in [-0.39, 0.29) is 12.0 Å². The van der Waals surface area contributed by atoms with Crippen LogP contribution in [0.15, 0.2) is 60.2 Å². The quantitative estimate of drug-likeness (QED) is 0.672. The van der Waals surface area contributed by atoms with Crippen molar-refractivity contribution < 1.29 is 10.2 Å². The molecule has 5 nitrogen and oxygen atoms in total. The number of aliphatic hydroxyl groups is 2. The molecule has 6 heteroatoms. The summed E-state index contributed by atoms with van der Waals surface area (Å²) in [6.45, 7) is 2.05. The third-order valence-corrected chi connectivity index (χ3v) is 6.51. The molecule has 0 aliphatic carbocycles. The normalized spacial score (nSPS) is 18.1. The standard InChI is InChI=1S/C22H25N3O2S/c26-15-19(27)14-25-11-8-22(9-12-25,18-6-2-1-3-7-18)20-16-28-21(24-20)17-5-4-10-23-13-17/h1-7,10,13,16,19,26-27H,8-9,11-12,14-15H2. The van der Waals surface area contributed by atoms with Gasteiger partial charge in [-0.15, -0.1) is 11.3 Å². The van der Waals surface area contributed by atoms with Crippen LogP contribution < -0.4 is 0 Å². The van der Waals surface area contributed by atoms with Crippen LogP contribution in [0, 0.1) is 0 Å². The molecular weight excluding hydrogens is 370 g/mol. The number of hydrogen-bond acceptors (Lipinski definition) is 6. The van der Waals surface area contributed by atoms with Gasteiger partial charge in [-0.05, 0) is 43.6 Å². The molecule has 4 rings (SSSR count). The van der Waals surface area contributed by atoms with Crippen molar-refractivity contribution in [3.63, 3.8) is 0 Å². The molecule has 0 amide bonds. The first-order valence-electron chi connectivity index (χ1n) is 9.64. The number of piperidine rings is 1. The Bertz CT molecular complexity index is 877. The first-order chi connectivity index (χ1) is 13.7. The van der Waals surface area contributed by atoms with E-state index in [1.165, 1.54) is 5.56 Å². The minimum absolute atomic E-state index is 0.126. The van der Waals surface area contributed by atoms with Crippen molar-refractivity contribution in [2.45, 2.75) is 24.4 Å². The van der Waals surface area contributed by atoms with Gasteiger partial charge in [0.05, 0.1) is 18.4 Å². The van der Waals surface area contributed by atoms with Gasteiger partial charge in [0.2, 0.25) is 0 Å². The first kappa shape index (κ1) is 19.2. The van der Waals surface area contributed by atoms with Crippen molar-refractivity contribution in [1.82, 2.24) is 14.9 Å². The van der Waals surface area contributed by atoms with E-state index in [1.54, 1.807) is 17.5 Å². The van der Waals surface area contributed by atoms with Crippen molar-refractivity contribution in [2.75, 3.05) is 26.2 Å². The van der Waals surface area contributed by atoms with Gasteiger partial charge in [0.25, 0.3) is 0 Å². The van der Waals surface area contributed by atoms with Crippen molar-refractivity contribution >= 4 is 11.3 Å². The zero-order valence-corrected chi connectivity index (χ0v) is 16.6. The Morgan fingerprint density at radius 3 is 2.57 bits per heavy atom. The highest BCUT2D eigenvalue weighted by Crippen LogP contribution is 2.43. The molecule has 0 saturated carbocycles. The summed E-state index contributed by atoms with van der Waals surface area (Å²) in [5.41, 5.74) is 3.33. The second-order valence-corrected chi connectivity index (χ2v) is 8.22. The van der Waals surface area contributed by atoms with E-state index in [0.717, 1.165) is 42.2 Å². The van der Waals surface area contributed by atoms with E-state index in [2.05, 4.69) is 39.5 Å². The van der Waals surface area contributed by atoms with E-state index in [9.17, 15) is 5.11 Å². The number of likely N-dealkylation sites (tertiary alicyclic amines) is 1. The Labute approximate surface area is 169 Å². The van der Waals surface area contributed by atoms with Crippen LogP contribution in [0.25, 0.3) is 10.6 Å². The smallest absolute Gasteiger partial charge is 0.125 e. The molecule has 3 aromatic rings. The number of aliphatic hydroxyl groups excluding tert-OH is 2. The lowest BCUT2D eigenvalue weighted by molar-refractivity contribution is 0.0464. The van der Waals surface area contributed by atoms with Crippen molar-refractivity contribution in [2.24, 2.45) is 0 Å². The van der Waals surface area contributed by atoms with Gasteiger partial charge in [0.15, 0.2) is 0 Å². The average Bonchev–Trinajstić information content (AvgIpc) is 3.26. The van der Waals surface area contributed by atoms with E-state index in [1.807, 2.05) is 24.4 Å². The van der Waals surface area contributed by atoms with Crippen LogP contribution in [-0.4, -0.2) is 57.4 Å².